The van der Waals surface area contributed by atoms with E-state index in [-0.39, 0.29) is 0 Å². The molecule has 4 rings (SSSR count). The molecule has 0 fully saturated rings. The van der Waals surface area contributed by atoms with Gasteiger partial charge in [-0.05, 0) is 26.0 Å². The number of imidazole rings is 1. The highest BCUT2D eigenvalue weighted by Crippen LogP contribution is 2.21. The van der Waals surface area contributed by atoms with Crippen molar-refractivity contribution >= 4 is 29.1 Å². The molecule has 7 nitrogen and oxygen atoms in total. The van der Waals surface area contributed by atoms with Gasteiger partial charge >= 0.3 is 0 Å². The number of hydrogen-bond donors (Lipinski definition) is 0. The molecule has 8 heteroatoms. The zero-order chi connectivity index (χ0) is 16.7. The molecule has 4 aromatic rings. The molecule has 0 spiro atoms. The van der Waals surface area contributed by atoms with Gasteiger partial charge in [0, 0.05) is 31.0 Å². The Morgan fingerprint density at radius 1 is 1.12 bits per heavy atom. The van der Waals surface area contributed by atoms with Gasteiger partial charge in [0.2, 0.25) is 0 Å². The van der Waals surface area contributed by atoms with Crippen molar-refractivity contribution in [3.8, 4) is 10.8 Å². The molecule has 120 valence electrons. The molecule has 4 heterocycles. The zero-order valence-electron chi connectivity index (χ0n) is 13.5. The second kappa shape index (κ2) is 5.64. The van der Waals surface area contributed by atoms with Gasteiger partial charge in [-0.15, -0.1) is 16.4 Å². The maximum Gasteiger partial charge on any atom is 0.177 e. The molecule has 24 heavy (non-hydrogen) atoms. The summed E-state index contributed by atoms with van der Waals surface area (Å²) in [6.45, 7) is 3.89. The Balaban J connectivity index is 1.67. The van der Waals surface area contributed by atoms with Crippen molar-refractivity contribution in [1.82, 2.24) is 34.1 Å². The highest BCUT2D eigenvalue weighted by atomic mass is 32.1. The molecule has 4 aromatic heterocycles. The topological polar surface area (TPSA) is 73.8 Å². The van der Waals surface area contributed by atoms with E-state index >= 15 is 0 Å². The lowest BCUT2D eigenvalue weighted by atomic mass is 10.4. The van der Waals surface area contributed by atoms with Crippen LogP contribution in [0.1, 0.15) is 22.9 Å². The smallest absolute Gasteiger partial charge is 0.177 e. The zero-order valence-corrected chi connectivity index (χ0v) is 14.3. The largest absolute Gasteiger partial charge is 0.331 e. The van der Waals surface area contributed by atoms with Gasteiger partial charge in [0.15, 0.2) is 22.3 Å². The summed E-state index contributed by atoms with van der Waals surface area (Å²) in [6, 6.07) is 0. The van der Waals surface area contributed by atoms with E-state index in [0.29, 0.717) is 5.82 Å². The van der Waals surface area contributed by atoms with E-state index in [1.54, 1.807) is 28.2 Å². The van der Waals surface area contributed by atoms with Crippen LogP contribution in [0.4, 0.5) is 0 Å². The van der Waals surface area contributed by atoms with Gasteiger partial charge in [-0.2, -0.15) is 0 Å². The van der Waals surface area contributed by atoms with E-state index in [2.05, 4.69) is 25.0 Å². The van der Waals surface area contributed by atoms with E-state index in [1.807, 2.05) is 49.2 Å². The molecule has 0 radical (unpaired) electrons. The van der Waals surface area contributed by atoms with E-state index in [9.17, 15) is 0 Å². The lowest BCUT2D eigenvalue weighted by Gasteiger charge is -1.97. The van der Waals surface area contributed by atoms with E-state index in [4.69, 9.17) is 0 Å². The molecule has 0 bridgehead atoms. The third kappa shape index (κ3) is 2.50. The Morgan fingerprint density at radius 2 is 2.00 bits per heavy atom. The van der Waals surface area contributed by atoms with Crippen LogP contribution in [0, 0.1) is 13.8 Å². The first-order chi connectivity index (χ1) is 11.6. The number of aryl methyl sites for hydroxylation is 3. The fourth-order valence-electron chi connectivity index (χ4n) is 2.44. The first-order valence-electron chi connectivity index (χ1n) is 7.42. The maximum atomic E-state index is 4.61. The van der Waals surface area contributed by atoms with Crippen molar-refractivity contribution in [3.05, 3.63) is 46.9 Å². The minimum atomic E-state index is 0.635. The fourth-order valence-corrected chi connectivity index (χ4v) is 3.11. The van der Waals surface area contributed by atoms with Gasteiger partial charge in [-0.1, -0.05) is 0 Å². The van der Waals surface area contributed by atoms with Crippen LogP contribution < -0.4 is 0 Å². The van der Waals surface area contributed by atoms with E-state index in [1.165, 1.54) is 0 Å². The highest BCUT2D eigenvalue weighted by molar-refractivity contribution is 7.13. The number of hydrogen-bond acceptors (Lipinski definition) is 6. The summed E-state index contributed by atoms with van der Waals surface area (Å²) in [5.74, 6) is 1.49. The molecular weight excluding hydrogens is 322 g/mol. The Bertz CT molecular complexity index is 1000. The lowest BCUT2D eigenvalue weighted by Crippen LogP contribution is -1.97. The summed E-state index contributed by atoms with van der Waals surface area (Å²) in [4.78, 5) is 17.7. The molecular formula is C16H15N7S. The molecule has 0 aromatic carbocycles. The Morgan fingerprint density at radius 3 is 2.75 bits per heavy atom. The predicted octanol–water partition coefficient (Wildman–Crippen LogP) is 2.77. The third-order valence-electron chi connectivity index (χ3n) is 3.65. The van der Waals surface area contributed by atoms with Crippen molar-refractivity contribution in [3.63, 3.8) is 0 Å². The predicted molar refractivity (Wildman–Crippen MR) is 93.5 cm³/mol. The van der Waals surface area contributed by atoms with Crippen molar-refractivity contribution in [2.24, 2.45) is 7.05 Å². The lowest BCUT2D eigenvalue weighted by molar-refractivity contribution is 0.884. The molecule has 0 aliphatic rings. The number of aromatic nitrogens is 7. The van der Waals surface area contributed by atoms with Crippen LogP contribution in [0.15, 0.2) is 24.0 Å². The van der Waals surface area contributed by atoms with Crippen molar-refractivity contribution < 1.29 is 0 Å². The molecule has 0 saturated carbocycles. The first kappa shape index (κ1) is 14.7. The molecule has 0 amide bonds. The second-order valence-corrected chi connectivity index (χ2v) is 6.36. The van der Waals surface area contributed by atoms with Gasteiger partial charge in [-0.25, -0.2) is 19.5 Å². The molecule has 0 atom stereocenters. The summed E-state index contributed by atoms with van der Waals surface area (Å²) in [7, 11) is 1.96. The fraction of sp³-hybridized carbons (Fsp3) is 0.188. The number of fused-ring (bicyclic) bond motifs is 1. The Hall–Kier alpha value is -2.87. The Kier molecular flexibility index (Phi) is 3.46. The van der Waals surface area contributed by atoms with Gasteiger partial charge in [0.1, 0.15) is 0 Å². The molecule has 0 aliphatic carbocycles. The van der Waals surface area contributed by atoms with Crippen LogP contribution >= 0.6 is 11.3 Å². The molecule has 0 saturated heterocycles. The Labute approximate surface area is 142 Å². The number of rotatable bonds is 3. The van der Waals surface area contributed by atoms with Crippen LogP contribution in [0.3, 0.4) is 0 Å². The molecule has 0 aliphatic heterocycles. The monoisotopic (exact) mass is 337 g/mol. The van der Waals surface area contributed by atoms with Crippen LogP contribution in [0.25, 0.3) is 28.6 Å². The summed E-state index contributed by atoms with van der Waals surface area (Å²) in [6.07, 6.45) is 9.30. The average Bonchev–Trinajstić information content (AvgIpc) is 3.28. The van der Waals surface area contributed by atoms with Crippen LogP contribution in [0.2, 0.25) is 0 Å². The summed E-state index contributed by atoms with van der Waals surface area (Å²) in [5.41, 5.74) is 3.43. The molecule has 0 N–H and O–H groups in total. The van der Waals surface area contributed by atoms with Crippen LogP contribution in [-0.4, -0.2) is 34.1 Å². The number of thiazole rings is 1. The van der Waals surface area contributed by atoms with Crippen molar-refractivity contribution in [1.29, 1.82) is 0 Å². The maximum absolute atomic E-state index is 4.61. The van der Waals surface area contributed by atoms with E-state index < -0.39 is 0 Å². The second-order valence-electron chi connectivity index (χ2n) is 5.46. The minimum Gasteiger partial charge on any atom is -0.331 e. The van der Waals surface area contributed by atoms with Crippen molar-refractivity contribution in [2.75, 3.05) is 0 Å². The third-order valence-corrected chi connectivity index (χ3v) is 4.42. The first-order valence-corrected chi connectivity index (χ1v) is 8.30. The quantitative estimate of drug-likeness (QED) is 0.575. The number of nitrogens with zero attached hydrogens (tertiary/aromatic N) is 7. The standard InChI is InChI=1S/C16H15N7S/c1-10-8-18-11(2)14-20-13(21-23(10)14)5-4-12-9-22(3)15(19-12)16-17-6-7-24-16/h4-9H,1-3H3/b5-4+. The van der Waals surface area contributed by atoms with Gasteiger partial charge < -0.3 is 4.57 Å². The summed E-state index contributed by atoms with van der Waals surface area (Å²) in [5, 5.41) is 7.35. The van der Waals surface area contributed by atoms with Gasteiger partial charge in [-0.3, -0.25) is 4.98 Å². The minimum absolute atomic E-state index is 0.635. The van der Waals surface area contributed by atoms with Crippen LogP contribution in [0.5, 0.6) is 0 Å². The van der Waals surface area contributed by atoms with Gasteiger partial charge in [0.05, 0.1) is 17.1 Å². The van der Waals surface area contributed by atoms with Gasteiger partial charge in [0.25, 0.3) is 0 Å². The highest BCUT2D eigenvalue weighted by Gasteiger charge is 2.09. The summed E-state index contributed by atoms with van der Waals surface area (Å²) < 4.78 is 3.77. The summed E-state index contributed by atoms with van der Waals surface area (Å²) >= 11 is 1.57. The average molecular weight is 337 g/mol. The molecule has 0 unspecified atom stereocenters. The normalized spacial score (nSPS) is 11.8. The van der Waals surface area contributed by atoms with E-state index in [0.717, 1.165) is 33.6 Å². The van der Waals surface area contributed by atoms with Crippen LogP contribution in [-0.2, 0) is 7.05 Å². The van der Waals surface area contributed by atoms with Crippen molar-refractivity contribution in [2.45, 2.75) is 13.8 Å². The SMILES string of the molecule is Cc1ncc(C)n2nc(/C=C/c3cn(C)c(-c4nccs4)n3)nc12.